The number of methoxy groups -OCH3 is 1. The van der Waals surface area contributed by atoms with Crippen LogP contribution in [0.2, 0.25) is 0 Å². The van der Waals surface area contributed by atoms with Gasteiger partial charge in [0.15, 0.2) is 0 Å². The Kier molecular flexibility index (Phi) is 3.78. The highest BCUT2D eigenvalue weighted by molar-refractivity contribution is 9.10. The quantitative estimate of drug-likeness (QED) is 0.918. The number of allylic oxidation sites excluding steroid dienone is 1. The summed E-state index contributed by atoms with van der Waals surface area (Å²) in [5.74, 6) is 0. The van der Waals surface area contributed by atoms with Gasteiger partial charge in [0.1, 0.15) is 0 Å². The van der Waals surface area contributed by atoms with Crippen LogP contribution in [0.15, 0.2) is 16.7 Å². The van der Waals surface area contributed by atoms with Gasteiger partial charge in [0, 0.05) is 13.2 Å². The van der Waals surface area contributed by atoms with Gasteiger partial charge in [-0.25, -0.2) is 0 Å². The topological polar surface area (TPSA) is 53.1 Å². The number of aromatic nitrogens is 2. The van der Waals surface area contributed by atoms with Crippen LogP contribution in [-0.4, -0.2) is 29.5 Å². The molecule has 2 N–H and O–H groups in total. The lowest BCUT2D eigenvalue weighted by atomic mass is 10.2. The average molecular weight is 286 g/mol. The summed E-state index contributed by atoms with van der Waals surface area (Å²) in [6.07, 6.45) is 6.01. The Bertz CT molecular complexity index is 400. The Balaban J connectivity index is 2.25. The van der Waals surface area contributed by atoms with Crippen LogP contribution in [0.1, 0.15) is 18.5 Å². The maximum atomic E-state index is 5.89. The Morgan fingerprint density at radius 1 is 1.69 bits per heavy atom. The first-order valence-electron chi connectivity index (χ1n) is 5.39. The van der Waals surface area contributed by atoms with Crippen molar-refractivity contribution in [3.05, 3.63) is 22.4 Å². The summed E-state index contributed by atoms with van der Waals surface area (Å²) >= 11 is 3.53. The molecule has 0 bridgehead atoms. The molecule has 0 radical (unpaired) electrons. The maximum absolute atomic E-state index is 5.89. The van der Waals surface area contributed by atoms with Gasteiger partial charge in [-0.15, -0.1) is 0 Å². The summed E-state index contributed by atoms with van der Waals surface area (Å²) in [6, 6.07) is 0.188. The van der Waals surface area contributed by atoms with Crippen molar-refractivity contribution >= 4 is 21.5 Å². The summed E-state index contributed by atoms with van der Waals surface area (Å²) in [4.78, 5) is 0. The molecule has 1 aromatic heterocycles. The summed E-state index contributed by atoms with van der Waals surface area (Å²) in [5, 5.41) is 4.33. The molecule has 88 valence electrons. The molecule has 2 rings (SSSR count). The molecular formula is C11H16BrN3O. The van der Waals surface area contributed by atoms with Crippen molar-refractivity contribution in [2.45, 2.75) is 25.4 Å². The van der Waals surface area contributed by atoms with Gasteiger partial charge in [0.05, 0.1) is 29.5 Å². The highest BCUT2D eigenvalue weighted by Crippen LogP contribution is 2.31. The molecule has 4 nitrogen and oxygen atoms in total. The Hall–Kier alpha value is -0.650. The van der Waals surface area contributed by atoms with Gasteiger partial charge in [-0.1, -0.05) is 6.08 Å². The highest BCUT2D eigenvalue weighted by Gasteiger charge is 2.19. The van der Waals surface area contributed by atoms with E-state index in [4.69, 9.17) is 10.5 Å². The first kappa shape index (κ1) is 11.8. The molecule has 1 heterocycles. The fourth-order valence-corrected chi connectivity index (χ4v) is 2.52. The lowest BCUT2D eigenvalue weighted by Gasteiger charge is -2.08. The zero-order valence-electron chi connectivity index (χ0n) is 9.32. The van der Waals surface area contributed by atoms with Crippen molar-refractivity contribution in [1.82, 2.24) is 9.78 Å². The number of ether oxygens (including phenoxy) is 1. The standard InChI is InChI=1S/C11H16BrN3O/c1-16-5-4-15-11(10(12)7-14-15)8-2-3-9(13)6-8/h6-7,9H,2-5,13H2,1H3. The van der Waals surface area contributed by atoms with Gasteiger partial charge in [-0.05, 0) is 34.3 Å². The predicted molar refractivity (Wildman–Crippen MR) is 67.0 cm³/mol. The Labute approximate surface area is 104 Å². The van der Waals surface area contributed by atoms with E-state index in [0.29, 0.717) is 6.61 Å². The smallest absolute Gasteiger partial charge is 0.0782 e. The van der Waals surface area contributed by atoms with Crippen LogP contribution in [0.4, 0.5) is 0 Å². The SMILES string of the molecule is COCCn1ncc(Br)c1C1=CC(N)CC1. The van der Waals surface area contributed by atoms with E-state index in [9.17, 15) is 0 Å². The zero-order valence-corrected chi connectivity index (χ0v) is 10.9. The largest absolute Gasteiger partial charge is 0.383 e. The van der Waals surface area contributed by atoms with Crippen molar-refractivity contribution < 1.29 is 4.74 Å². The molecule has 0 amide bonds. The molecular weight excluding hydrogens is 270 g/mol. The van der Waals surface area contributed by atoms with Crippen LogP contribution in [0, 0.1) is 0 Å². The third-order valence-corrected chi connectivity index (χ3v) is 3.35. The van der Waals surface area contributed by atoms with Crippen LogP contribution in [0.5, 0.6) is 0 Å². The normalized spacial score (nSPS) is 20.2. The van der Waals surface area contributed by atoms with Crippen molar-refractivity contribution in [2.75, 3.05) is 13.7 Å². The van der Waals surface area contributed by atoms with Gasteiger partial charge >= 0.3 is 0 Å². The van der Waals surface area contributed by atoms with Crippen LogP contribution < -0.4 is 5.73 Å². The first-order chi connectivity index (χ1) is 7.72. The second-order valence-corrected chi connectivity index (χ2v) is 4.81. The lowest BCUT2D eigenvalue weighted by molar-refractivity contribution is 0.183. The summed E-state index contributed by atoms with van der Waals surface area (Å²) < 4.78 is 8.07. The van der Waals surface area contributed by atoms with E-state index >= 15 is 0 Å². The van der Waals surface area contributed by atoms with Crippen molar-refractivity contribution in [3.8, 4) is 0 Å². The molecule has 0 aromatic carbocycles. The maximum Gasteiger partial charge on any atom is 0.0782 e. The van der Waals surface area contributed by atoms with Crippen LogP contribution in [0.25, 0.3) is 5.57 Å². The Morgan fingerprint density at radius 3 is 3.12 bits per heavy atom. The van der Waals surface area contributed by atoms with Crippen molar-refractivity contribution in [1.29, 1.82) is 0 Å². The lowest BCUT2D eigenvalue weighted by Crippen LogP contribution is -2.12. The molecule has 0 saturated heterocycles. The number of hydrogen-bond donors (Lipinski definition) is 1. The molecule has 1 aliphatic rings. The van der Waals surface area contributed by atoms with E-state index < -0.39 is 0 Å². The van der Waals surface area contributed by atoms with Gasteiger partial charge in [0.2, 0.25) is 0 Å². The van der Waals surface area contributed by atoms with Crippen LogP contribution in [0.3, 0.4) is 0 Å². The summed E-state index contributed by atoms with van der Waals surface area (Å²) in [7, 11) is 1.70. The third kappa shape index (κ3) is 2.36. The predicted octanol–water partition coefficient (Wildman–Crippen LogP) is 1.80. The van der Waals surface area contributed by atoms with E-state index in [1.165, 1.54) is 5.57 Å². The third-order valence-electron chi connectivity index (χ3n) is 2.77. The van der Waals surface area contributed by atoms with E-state index in [1.807, 2.05) is 10.9 Å². The van der Waals surface area contributed by atoms with Gasteiger partial charge < -0.3 is 10.5 Å². The minimum absolute atomic E-state index is 0.188. The average Bonchev–Trinajstić information content (AvgIpc) is 2.82. The molecule has 1 atom stereocenters. The fourth-order valence-electron chi connectivity index (χ4n) is 1.97. The molecule has 1 unspecified atom stereocenters. The molecule has 0 spiro atoms. The number of hydrogen-bond acceptors (Lipinski definition) is 3. The van der Waals surface area contributed by atoms with Crippen LogP contribution in [-0.2, 0) is 11.3 Å². The Morgan fingerprint density at radius 2 is 2.50 bits per heavy atom. The zero-order chi connectivity index (χ0) is 11.5. The van der Waals surface area contributed by atoms with Crippen molar-refractivity contribution in [3.63, 3.8) is 0 Å². The molecule has 0 saturated carbocycles. The molecule has 5 heteroatoms. The molecule has 1 aliphatic carbocycles. The molecule has 0 fully saturated rings. The molecule has 1 aromatic rings. The second kappa shape index (κ2) is 5.12. The van der Waals surface area contributed by atoms with Gasteiger partial charge in [-0.3, -0.25) is 4.68 Å². The first-order valence-corrected chi connectivity index (χ1v) is 6.18. The number of nitrogens with two attached hydrogens (primary N) is 1. The van der Waals surface area contributed by atoms with Gasteiger partial charge in [0.25, 0.3) is 0 Å². The van der Waals surface area contributed by atoms with E-state index in [-0.39, 0.29) is 6.04 Å². The number of rotatable bonds is 4. The van der Waals surface area contributed by atoms with E-state index in [1.54, 1.807) is 7.11 Å². The minimum Gasteiger partial charge on any atom is -0.383 e. The van der Waals surface area contributed by atoms with Crippen molar-refractivity contribution in [2.24, 2.45) is 5.73 Å². The molecule has 0 aliphatic heterocycles. The van der Waals surface area contributed by atoms with Crippen LogP contribution >= 0.6 is 15.9 Å². The second-order valence-electron chi connectivity index (χ2n) is 3.95. The minimum atomic E-state index is 0.188. The highest BCUT2D eigenvalue weighted by atomic mass is 79.9. The number of halogens is 1. The monoisotopic (exact) mass is 285 g/mol. The van der Waals surface area contributed by atoms with E-state index in [2.05, 4.69) is 27.1 Å². The fraction of sp³-hybridized carbons (Fsp3) is 0.545. The van der Waals surface area contributed by atoms with Gasteiger partial charge in [-0.2, -0.15) is 5.10 Å². The molecule has 16 heavy (non-hydrogen) atoms. The summed E-state index contributed by atoms with van der Waals surface area (Å²) in [6.45, 7) is 1.43. The number of nitrogens with zero attached hydrogens (tertiary/aromatic N) is 2. The van der Waals surface area contributed by atoms with E-state index in [0.717, 1.165) is 29.6 Å². The summed E-state index contributed by atoms with van der Waals surface area (Å²) in [5.41, 5.74) is 8.31.